The van der Waals surface area contributed by atoms with E-state index in [1.165, 1.54) is 0 Å². The summed E-state index contributed by atoms with van der Waals surface area (Å²) >= 11 is 8.20. The molecule has 1 fully saturated rings. The fraction of sp³-hybridized carbons (Fsp3) is 0.211. The first-order valence-electron chi connectivity index (χ1n) is 8.52. The molecule has 5 nitrogen and oxygen atoms in total. The molecule has 1 unspecified atom stereocenters. The van der Waals surface area contributed by atoms with Crippen LogP contribution in [0.1, 0.15) is 16.1 Å². The van der Waals surface area contributed by atoms with E-state index in [4.69, 9.17) is 0 Å². The minimum atomic E-state index is -0.466. The number of hydrogen-bond acceptors (Lipinski definition) is 6. The van der Waals surface area contributed by atoms with Crippen LogP contribution in [0, 0.1) is 0 Å². The van der Waals surface area contributed by atoms with Gasteiger partial charge < -0.3 is 10.2 Å². The van der Waals surface area contributed by atoms with Gasteiger partial charge in [0, 0.05) is 21.2 Å². The van der Waals surface area contributed by atoms with Gasteiger partial charge in [-0.15, -0.1) is 34.4 Å². The van der Waals surface area contributed by atoms with E-state index in [2.05, 4.69) is 26.2 Å². The summed E-state index contributed by atoms with van der Waals surface area (Å²) in [6.07, 6.45) is 0. The number of carbonyl (C=O) groups is 2. The van der Waals surface area contributed by atoms with Gasteiger partial charge in [-0.1, -0.05) is 28.1 Å². The Morgan fingerprint density at radius 2 is 2.14 bits per heavy atom. The summed E-state index contributed by atoms with van der Waals surface area (Å²) in [6.45, 7) is 0.362. The number of thioether (sulfide) groups is 1. The molecule has 1 aliphatic heterocycles. The van der Waals surface area contributed by atoms with Gasteiger partial charge in [-0.2, -0.15) is 0 Å². The fourth-order valence-electron chi connectivity index (χ4n) is 2.84. The van der Waals surface area contributed by atoms with E-state index >= 15 is 0 Å². The Morgan fingerprint density at radius 3 is 2.93 bits per heavy atom. The van der Waals surface area contributed by atoms with Crippen LogP contribution in [0.2, 0.25) is 0 Å². The highest BCUT2D eigenvalue weighted by molar-refractivity contribution is 9.10. The molecule has 1 aromatic carbocycles. The van der Waals surface area contributed by atoms with E-state index in [-0.39, 0.29) is 11.8 Å². The first-order chi connectivity index (χ1) is 13.6. The lowest BCUT2D eigenvalue weighted by atomic mass is 10.1. The second-order valence-electron chi connectivity index (χ2n) is 6.14. The second-order valence-corrected chi connectivity index (χ2v) is 9.86. The SMILES string of the molecule is O=C(NCc1csc(-c2cccs2)n1)C1CSCN1C(=O)c1cccc(Br)c1. The number of amides is 2. The predicted molar refractivity (Wildman–Crippen MR) is 119 cm³/mol. The van der Waals surface area contributed by atoms with Crippen molar-refractivity contribution in [1.29, 1.82) is 0 Å². The monoisotopic (exact) mass is 493 g/mol. The van der Waals surface area contributed by atoms with Crippen LogP contribution >= 0.6 is 50.4 Å². The molecule has 0 radical (unpaired) electrons. The number of rotatable bonds is 5. The van der Waals surface area contributed by atoms with Crippen molar-refractivity contribution in [3.05, 3.63) is 62.9 Å². The molecule has 4 rings (SSSR count). The maximum atomic E-state index is 12.8. The molecule has 1 saturated heterocycles. The van der Waals surface area contributed by atoms with E-state index in [1.807, 2.05) is 35.0 Å². The Morgan fingerprint density at radius 1 is 1.25 bits per heavy atom. The predicted octanol–water partition coefficient (Wildman–Crippen LogP) is 4.47. The average molecular weight is 494 g/mol. The summed E-state index contributed by atoms with van der Waals surface area (Å²) < 4.78 is 0.844. The standard InChI is InChI=1S/C19H16BrN3O2S3/c20-13-4-1-3-12(7-13)19(25)23-11-26-10-15(23)17(24)21-8-14-9-28-18(22-14)16-5-2-6-27-16/h1-7,9,15H,8,10-11H2,(H,21,24). The number of thiazole rings is 1. The van der Waals surface area contributed by atoms with Crippen molar-refractivity contribution in [3.63, 3.8) is 0 Å². The molecule has 3 heterocycles. The second kappa shape index (κ2) is 8.77. The van der Waals surface area contributed by atoms with E-state index in [0.29, 0.717) is 23.7 Å². The molecule has 2 aromatic heterocycles. The summed E-state index contributed by atoms with van der Waals surface area (Å²) in [5, 5.41) is 7.88. The number of halogens is 1. The summed E-state index contributed by atoms with van der Waals surface area (Å²) in [7, 11) is 0. The van der Waals surface area contributed by atoms with Gasteiger partial charge in [-0.05, 0) is 29.6 Å². The minimum absolute atomic E-state index is 0.125. The van der Waals surface area contributed by atoms with Crippen molar-refractivity contribution in [1.82, 2.24) is 15.2 Å². The highest BCUT2D eigenvalue weighted by Crippen LogP contribution is 2.28. The van der Waals surface area contributed by atoms with Gasteiger partial charge in [-0.3, -0.25) is 9.59 Å². The maximum absolute atomic E-state index is 12.8. The van der Waals surface area contributed by atoms with E-state index < -0.39 is 6.04 Å². The minimum Gasteiger partial charge on any atom is -0.349 e. The zero-order chi connectivity index (χ0) is 19.5. The molecule has 144 valence electrons. The van der Waals surface area contributed by atoms with Crippen LogP contribution in [0.25, 0.3) is 9.88 Å². The molecular weight excluding hydrogens is 478 g/mol. The number of benzene rings is 1. The maximum Gasteiger partial charge on any atom is 0.255 e. The van der Waals surface area contributed by atoms with Crippen LogP contribution in [0.3, 0.4) is 0 Å². The average Bonchev–Trinajstić information content (AvgIpc) is 3.46. The lowest BCUT2D eigenvalue weighted by molar-refractivity contribution is -0.124. The first kappa shape index (κ1) is 19.6. The molecular formula is C19H16BrN3O2S3. The molecule has 1 aliphatic rings. The number of hydrogen-bond donors (Lipinski definition) is 1. The molecule has 3 aromatic rings. The molecule has 0 spiro atoms. The first-order valence-corrected chi connectivity index (χ1v) is 12.2. The zero-order valence-corrected chi connectivity index (χ0v) is 18.7. The van der Waals surface area contributed by atoms with Gasteiger partial charge in [0.15, 0.2) is 0 Å². The molecule has 1 N–H and O–H groups in total. The van der Waals surface area contributed by atoms with Crippen molar-refractivity contribution >= 4 is 62.2 Å². The number of carbonyl (C=O) groups excluding carboxylic acids is 2. The van der Waals surface area contributed by atoms with Gasteiger partial charge in [-0.25, -0.2) is 4.98 Å². The molecule has 2 amide bonds. The molecule has 28 heavy (non-hydrogen) atoms. The van der Waals surface area contributed by atoms with Gasteiger partial charge in [0.05, 0.1) is 23.0 Å². The van der Waals surface area contributed by atoms with Crippen molar-refractivity contribution < 1.29 is 9.59 Å². The highest BCUT2D eigenvalue weighted by atomic mass is 79.9. The van der Waals surface area contributed by atoms with Crippen molar-refractivity contribution in [3.8, 4) is 9.88 Å². The normalized spacial score (nSPS) is 16.3. The van der Waals surface area contributed by atoms with Crippen molar-refractivity contribution in [2.45, 2.75) is 12.6 Å². The van der Waals surface area contributed by atoms with Crippen molar-refractivity contribution in [2.24, 2.45) is 0 Å². The Labute approximate surface area is 183 Å². The van der Waals surface area contributed by atoms with Crippen LogP contribution in [-0.2, 0) is 11.3 Å². The van der Waals surface area contributed by atoms with Crippen molar-refractivity contribution in [2.75, 3.05) is 11.6 Å². The summed E-state index contributed by atoms with van der Waals surface area (Å²) in [5.41, 5.74) is 1.41. The smallest absolute Gasteiger partial charge is 0.255 e. The Hall–Kier alpha value is -1.68. The molecule has 0 aliphatic carbocycles. The number of nitrogens with zero attached hydrogens (tertiary/aromatic N) is 2. The van der Waals surface area contributed by atoms with Crippen LogP contribution in [0.15, 0.2) is 51.6 Å². The van der Waals surface area contributed by atoms with Gasteiger partial charge in [0.1, 0.15) is 11.0 Å². The summed E-state index contributed by atoms with van der Waals surface area (Å²) in [4.78, 5) is 32.9. The van der Waals surface area contributed by atoms with Crippen LogP contribution in [0.5, 0.6) is 0 Å². The van der Waals surface area contributed by atoms with Crippen LogP contribution < -0.4 is 5.32 Å². The van der Waals surface area contributed by atoms with Gasteiger partial charge in [0.2, 0.25) is 5.91 Å². The van der Waals surface area contributed by atoms with E-state index in [9.17, 15) is 9.59 Å². The topological polar surface area (TPSA) is 62.3 Å². The Bertz CT molecular complexity index is 990. The third kappa shape index (κ3) is 4.32. The highest BCUT2D eigenvalue weighted by Gasteiger charge is 2.35. The number of nitrogens with one attached hydrogen (secondary N) is 1. The van der Waals surface area contributed by atoms with Gasteiger partial charge in [0.25, 0.3) is 5.91 Å². The third-order valence-corrected chi connectivity index (χ3v) is 7.68. The largest absolute Gasteiger partial charge is 0.349 e. The summed E-state index contributed by atoms with van der Waals surface area (Å²) in [6, 6.07) is 10.8. The van der Waals surface area contributed by atoms with Gasteiger partial charge >= 0.3 is 0 Å². The zero-order valence-electron chi connectivity index (χ0n) is 14.6. The summed E-state index contributed by atoms with van der Waals surface area (Å²) in [5.74, 6) is 0.852. The quantitative estimate of drug-likeness (QED) is 0.569. The Balaban J connectivity index is 1.39. The van der Waals surface area contributed by atoms with E-state index in [1.54, 1.807) is 51.5 Å². The molecule has 0 saturated carbocycles. The molecule has 9 heteroatoms. The third-order valence-electron chi connectivity index (χ3n) is 4.24. The van der Waals surface area contributed by atoms with E-state index in [0.717, 1.165) is 20.1 Å². The molecule has 0 bridgehead atoms. The lowest BCUT2D eigenvalue weighted by Gasteiger charge is -2.23. The van der Waals surface area contributed by atoms with Crippen LogP contribution in [-0.4, -0.2) is 39.4 Å². The number of aromatic nitrogens is 1. The van der Waals surface area contributed by atoms with Crippen LogP contribution in [0.4, 0.5) is 0 Å². The lowest BCUT2D eigenvalue weighted by Crippen LogP contribution is -2.47. The number of thiophene rings is 1. The Kier molecular flexibility index (Phi) is 6.15. The fourth-order valence-corrected chi connectivity index (χ4v) is 6.03. The molecule has 1 atom stereocenters.